The van der Waals surface area contributed by atoms with Gasteiger partial charge in [0.15, 0.2) is 0 Å². The van der Waals surface area contributed by atoms with Gasteiger partial charge in [-0.15, -0.1) is 0 Å². The minimum atomic E-state index is -0.406. The van der Waals surface area contributed by atoms with E-state index in [4.69, 9.17) is 12.6 Å². The van der Waals surface area contributed by atoms with Gasteiger partial charge in [-0.1, -0.05) is 19.2 Å². The number of carbonyl (C=O) groups excluding carboxylic acids is 1. The molecule has 3 heteroatoms. The van der Waals surface area contributed by atoms with Crippen molar-refractivity contribution in [1.82, 2.24) is 0 Å². The zero-order valence-electron chi connectivity index (χ0n) is 9.09. The molecule has 0 bridgehead atoms. The van der Waals surface area contributed by atoms with E-state index in [1.165, 1.54) is 0 Å². The van der Waals surface area contributed by atoms with Crippen LogP contribution in [0.1, 0.15) is 40.5 Å². The molecular weight excluding hydrogens is 163 g/mol. The maximum absolute atomic E-state index is 11.3. The lowest BCUT2D eigenvalue weighted by Crippen LogP contribution is -2.23. The third-order valence-electron chi connectivity index (χ3n) is 1.86. The van der Waals surface area contributed by atoms with Crippen molar-refractivity contribution in [3.05, 3.63) is 0 Å². The molecule has 74 valence electrons. The zero-order valence-corrected chi connectivity index (χ0v) is 9.09. The first-order valence-corrected chi connectivity index (χ1v) is 4.80. The first-order valence-electron chi connectivity index (χ1n) is 4.80. The molecule has 0 rings (SSSR count). The summed E-state index contributed by atoms with van der Waals surface area (Å²) >= 11 is 0. The molecule has 0 aliphatic heterocycles. The average molecular weight is 182 g/mol. The van der Waals surface area contributed by atoms with Crippen LogP contribution in [0.25, 0.3) is 0 Å². The summed E-state index contributed by atoms with van der Waals surface area (Å²) in [6.45, 7) is 7.99. The number of hydrogen-bond acceptors (Lipinski definition) is 2. The summed E-state index contributed by atoms with van der Waals surface area (Å²) in [6, 6.07) is 0. The van der Waals surface area contributed by atoms with Crippen LogP contribution in [0.3, 0.4) is 0 Å². The van der Waals surface area contributed by atoms with Gasteiger partial charge in [-0.05, 0) is 27.2 Å². The Morgan fingerprint density at radius 1 is 1.46 bits per heavy atom. The highest BCUT2D eigenvalue weighted by atomic mass is 16.5. The van der Waals surface area contributed by atoms with Crippen LogP contribution in [0.5, 0.6) is 0 Å². The van der Waals surface area contributed by atoms with Crippen LogP contribution >= 0.6 is 0 Å². The molecule has 0 N–H and O–H groups in total. The maximum Gasteiger partial charge on any atom is 0.311 e. The Morgan fingerprint density at radius 3 is 2.38 bits per heavy atom. The van der Waals surface area contributed by atoms with E-state index in [9.17, 15) is 4.79 Å². The summed E-state index contributed by atoms with van der Waals surface area (Å²) in [5.41, 5.74) is -0.406. The molecule has 1 atom stereocenters. The lowest BCUT2D eigenvalue weighted by molar-refractivity contribution is -0.153. The molecule has 0 spiro atoms. The Labute approximate surface area is 82.5 Å². The standard InChI is InChI=1S/C10H19BO2/c1-5-8(11)6-7-13-9(12)10(2,3)4/h8H,5-7H2,1-4H3. The third-order valence-corrected chi connectivity index (χ3v) is 1.86. The van der Waals surface area contributed by atoms with Gasteiger partial charge in [0.05, 0.1) is 19.9 Å². The van der Waals surface area contributed by atoms with Crippen LogP contribution in [0.4, 0.5) is 0 Å². The Morgan fingerprint density at radius 2 is 2.00 bits per heavy atom. The highest BCUT2D eigenvalue weighted by Gasteiger charge is 2.22. The van der Waals surface area contributed by atoms with Gasteiger partial charge in [0.2, 0.25) is 0 Å². The van der Waals surface area contributed by atoms with Crippen LogP contribution in [-0.2, 0) is 9.53 Å². The summed E-state index contributed by atoms with van der Waals surface area (Å²) in [4.78, 5) is 11.3. The smallest absolute Gasteiger partial charge is 0.311 e. The molecule has 0 aromatic rings. The summed E-state index contributed by atoms with van der Waals surface area (Å²) in [5, 5.41) is 0. The summed E-state index contributed by atoms with van der Waals surface area (Å²) in [5.74, 6) is -0.0106. The summed E-state index contributed by atoms with van der Waals surface area (Å²) in [7, 11) is 5.68. The van der Waals surface area contributed by atoms with E-state index in [0.717, 1.165) is 12.8 Å². The van der Waals surface area contributed by atoms with Gasteiger partial charge in [0, 0.05) is 0 Å². The first-order chi connectivity index (χ1) is 5.88. The molecule has 0 aromatic heterocycles. The molecule has 13 heavy (non-hydrogen) atoms. The zero-order chi connectivity index (χ0) is 10.5. The van der Waals surface area contributed by atoms with E-state index in [0.29, 0.717) is 6.61 Å². The fourth-order valence-electron chi connectivity index (χ4n) is 0.724. The van der Waals surface area contributed by atoms with Crippen molar-refractivity contribution in [2.45, 2.75) is 46.4 Å². The Balaban J connectivity index is 3.60. The molecule has 0 heterocycles. The topological polar surface area (TPSA) is 26.3 Å². The Bertz CT molecular complexity index is 161. The van der Waals surface area contributed by atoms with E-state index < -0.39 is 5.41 Å². The Kier molecular flexibility index (Phi) is 5.11. The summed E-state index contributed by atoms with van der Waals surface area (Å²) < 4.78 is 5.06. The highest BCUT2D eigenvalue weighted by Crippen LogP contribution is 2.16. The van der Waals surface area contributed by atoms with E-state index in [1.807, 2.05) is 27.7 Å². The molecule has 0 fully saturated rings. The second-order valence-corrected chi connectivity index (χ2v) is 4.34. The molecule has 1 unspecified atom stereocenters. The normalized spacial score (nSPS) is 13.8. The second-order valence-electron chi connectivity index (χ2n) is 4.34. The largest absolute Gasteiger partial charge is 0.465 e. The van der Waals surface area contributed by atoms with Crippen LogP contribution < -0.4 is 0 Å². The quantitative estimate of drug-likeness (QED) is 0.492. The number of ether oxygens (including phenoxy) is 1. The molecule has 0 saturated heterocycles. The fourth-order valence-corrected chi connectivity index (χ4v) is 0.724. The average Bonchev–Trinajstić information content (AvgIpc) is 2.02. The maximum atomic E-state index is 11.3. The number of esters is 1. The van der Waals surface area contributed by atoms with Crippen molar-refractivity contribution in [1.29, 1.82) is 0 Å². The van der Waals surface area contributed by atoms with Crippen molar-refractivity contribution in [3.63, 3.8) is 0 Å². The van der Waals surface area contributed by atoms with Crippen molar-refractivity contribution in [2.24, 2.45) is 5.41 Å². The third kappa shape index (κ3) is 5.72. The van der Waals surface area contributed by atoms with Gasteiger partial charge < -0.3 is 4.74 Å². The predicted octanol–water partition coefficient (Wildman–Crippen LogP) is 2.33. The fraction of sp³-hybridized carbons (Fsp3) is 0.900. The summed E-state index contributed by atoms with van der Waals surface area (Å²) in [6.07, 6.45) is 1.67. The number of hydrogen-bond donors (Lipinski definition) is 0. The van der Waals surface area contributed by atoms with E-state index >= 15 is 0 Å². The van der Waals surface area contributed by atoms with E-state index in [2.05, 4.69) is 0 Å². The van der Waals surface area contributed by atoms with Crippen molar-refractivity contribution < 1.29 is 9.53 Å². The van der Waals surface area contributed by atoms with Crippen LogP contribution in [0.15, 0.2) is 0 Å². The van der Waals surface area contributed by atoms with E-state index in [1.54, 1.807) is 0 Å². The van der Waals surface area contributed by atoms with Gasteiger partial charge in [-0.2, -0.15) is 0 Å². The SMILES string of the molecule is [B]C(CC)CCOC(=O)C(C)(C)C. The molecule has 0 amide bonds. The van der Waals surface area contributed by atoms with Crippen LogP contribution in [-0.4, -0.2) is 20.4 Å². The molecule has 0 saturated carbocycles. The monoisotopic (exact) mass is 182 g/mol. The second kappa shape index (κ2) is 5.30. The van der Waals surface area contributed by atoms with Gasteiger partial charge in [-0.3, -0.25) is 4.79 Å². The molecule has 2 radical (unpaired) electrons. The van der Waals surface area contributed by atoms with Crippen molar-refractivity contribution in [2.75, 3.05) is 6.61 Å². The highest BCUT2D eigenvalue weighted by molar-refractivity contribution is 6.11. The minimum absolute atomic E-state index is 0.146. The van der Waals surface area contributed by atoms with Crippen molar-refractivity contribution >= 4 is 13.8 Å². The van der Waals surface area contributed by atoms with Crippen LogP contribution in [0.2, 0.25) is 5.82 Å². The van der Waals surface area contributed by atoms with Gasteiger partial charge in [0.1, 0.15) is 0 Å². The van der Waals surface area contributed by atoms with Gasteiger partial charge >= 0.3 is 5.97 Å². The minimum Gasteiger partial charge on any atom is -0.465 e. The van der Waals surface area contributed by atoms with Gasteiger partial charge in [0.25, 0.3) is 0 Å². The van der Waals surface area contributed by atoms with Gasteiger partial charge in [-0.25, -0.2) is 0 Å². The van der Waals surface area contributed by atoms with Crippen molar-refractivity contribution in [3.8, 4) is 0 Å². The van der Waals surface area contributed by atoms with Crippen LogP contribution in [0, 0.1) is 5.41 Å². The first kappa shape index (κ1) is 12.5. The predicted molar refractivity (Wildman–Crippen MR) is 54.8 cm³/mol. The molecule has 2 nitrogen and oxygen atoms in total. The lowest BCUT2D eigenvalue weighted by Gasteiger charge is -2.17. The Hall–Kier alpha value is -0.465. The van der Waals surface area contributed by atoms with E-state index in [-0.39, 0.29) is 11.8 Å². The lowest BCUT2D eigenvalue weighted by atomic mass is 9.83. The number of carbonyl (C=O) groups is 1. The molecular formula is C10H19BO2. The molecule has 0 aliphatic rings. The molecule has 0 aromatic carbocycles. The number of rotatable bonds is 4. The molecule has 0 aliphatic carbocycles.